The molecule has 1 aromatic carbocycles. The van der Waals surface area contributed by atoms with Crippen LogP contribution in [0.4, 0.5) is 5.69 Å². The third-order valence-corrected chi connectivity index (χ3v) is 3.38. The lowest BCUT2D eigenvalue weighted by atomic mass is 10.3. The number of ether oxygens (including phenoxy) is 1. The number of hydrogen-bond acceptors (Lipinski definition) is 3. The third-order valence-electron chi connectivity index (χ3n) is 2.30. The molecule has 0 radical (unpaired) electrons. The van der Waals surface area contributed by atoms with Gasteiger partial charge in [-0.05, 0) is 47.9 Å². The van der Waals surface area contributed by atoms with Crippen molar-refractivity contribution in [2.24, 2.45) is 0 Å². The first-order chi connectivity index (χ1) is 8.78. The van der Waals surface area contributed by atoms with Crippen molar-refractivity contribution < 1.29 is 4.74 Å². The minimum Gasteiger partial charge on any atom is -0.497 e. The minimum atomic E-state index is 0.688. The van der Waals surface area contributed by atoms with Gasteiger partial charge < -0.3 is 10.1 Å². The maximum absolute atomic E-state index is 5.25. The molecule has 0 aliphatic rings. The first kappa shape index (κ1) is 12.8. The molecule has 0 bridgehead atoms. The van der Waals surface area contributed by atoms with Gasteiger partial charge >= 0.3 is 0 Å². The van der Waals surface area contributed by atoms with Gasteiger partial charge in [-0.1, -0.05) is 18.3 Å². The highest BCUT2D eigenvalue weighted by atomic mass is 32.1. The predicted molar refractivity (Wildman–Crippen MR) is 82.6 cm³/mol. The van der Waals surface area contributed by atoms with E-state index in [1.165, 1.54) is 4.88 Å². The van der Waals surface area contributed by atoms with E-state index < -0.39 is 0 Å². The van der Waals surface area contributed by atoms with Gasteiger partial charge in [0.1, 0.15) is 10.7 Å². The van der Waals surface area contributed by atoms with E-state index in [1.807, 2.05) is 47.9 Å². The molecule has 2 aromatic rings. The van der Waals surface area contributed by atoms with Crippen LogP contribution in [0.2, 0.25) is 0 Å². The van der Waals surface area contributed by atoms with Crippen LogP contribution in [0.1, 0.15) is 4.88 Å². The average Bonchev–Trinajstić information content (AvgIpc) is 2.90. The van der Waals surface area contributed by atoms with E-state index >= 15 is 0 Å². The summed E-state index contributed by atoms with van der Waals surface area (Å²) in [5.74, 6) is 0.834. The van der Waals surface area contributed by atoms with Crippen LogP contribution in [0.3, 0.4) is 0 Å². The zero-order valence-corrected chi connectivity index (χ0v) is 11.6. The van der Waals surface area contributed by atoms with Gasteiger partial charge in [0.05, 0.1) is 7.11 Å². The monoisotopic (exact) mass is 275 g/mol. The molecule has 92 valence electrons. The van der Waals surface area contributed by atoms with Gasteiger partial charge in [-0.3, -0.25) is 0 Å². The molecule has 0 aliphatic carbocycles. The highest BCUT2D eigenvalue weighted by Crippen LogP contribution is 2.15. The maximum atomic E-state index is 5.25. The summed E-state index contributed by atoms with van der Waals surface area (Å²) in [7, 11) is 1.65. The molecule has 0 saturated carbocycles. The molecule has 0 atom stereocenters. The molecule has 0 amide bonds. The number of rotatable bonds is 4. The molecule has 4 heteroatoms. The summed E-state index contributed by atoms with van der Waals surface area (Å²) >= 11 is 6.93. The van der Waals surface area contributed by atoms with Crippen molar-refractivity contribution in [3.8, 4) is 5.75 Å². The zero-order valence-electron chi connectivity index (χ0n) is 9.92. The molecule has 18 heavy (non-hydrogen) atoms. The standard InChI is InChI=1S/C14H13NOS2/c1-16-12-6-4-11(5-7-12)15-14(17)9-8-13-3-2-10-18-13/h2-10H,1H3,(H,15,17)/b9-8+. The Bertz CT molecular complexity index is 529. The van der Waals surface area contributed by atoms with Gasteiger partial charge in [0, 0.05) is 10.6 Å². The lowest BCUT2D eigenvalue weighted by Gasteiger charge is -2.05. The van der Waals surface area contributed by atoms with E-state index in [0.29, 0.717) is 4.99 Å². The van der Waals surface area contributed by atoms with Gasteiger partial charge in [0.15, 0.2) is 0 Å². The van der Waals surface area contributed by atoms with E-state index in [2.05, 4.69) is 11.4 Å². The van der Waals surface area contributed by atoms with Gasteiger partial charge in [0.2, 0.25) is 0 Å². The summed E-state index contributed by atoms with van der Waals surface area (Å²) in [6, 6.07) is 11.7. The second kappa shape index (κ2) is 6.33. The molecule has 1 heterocycles. The molecule has 2 rings (SSSR count). The first-order valence-electron chi connectivity index (χ1n) is 5.44. The van der Waals surface area contributed by atoms with Crippen LogP contribution in [-0.4, -0.2) is 12.1 Å². The summed E-state index contributed by atoms with van der Waals surface area (Å²) < 4.78 is 5.10. The fourth-order valence-electron chi connectivity index (χ4n) is 1.40. The molecule has 0 saturated heterocycles. The summed E-state index contributed by atoms with van der Waals surface area (Å²) in [6.45, 7) is 0. The second-order valence-electron chi connectivity index (χ2n) is 3.57. The molecule has 1 N–H and O–H groups in total. The zero-order chi connectivity index (χ0) is 12.8. The molecular formula is C14H13NOS2. The second-order valence-corrected chi connectivity index (χ2v) is 4.99. The van der Waals surface area contributed by atoms with Crippen LogP contribution in [0, 0.1) is 0 Å². The van der Waals surface area contributed by atoms with E-state index in [-0.39, 0.29) is 0 Å². The largest absolute Gasteiger partial charge is 0.497 e. The van der Waals surface area contributed by atoms with Crippen LogP contribution < -0.4 is 10.1 Å². The fraction of sp³-hybridized carbons (Fsp3) is 0.0714. The highest BCUT2D eigenvalue weighted by Gasteiger charge is 1.95. The number of methoxy groups -OCH3 is 1. The van der Waals surface area contributed by atoms with Crippen LogP contribution in [0.25, 0.3) is 6.08 Å². The lowest BCUT2D eigenvalue weighted by Crippen LogP contribution is -2.04. The van der Waals surface area contributed by atoms with E-state index in [4.69, 9.17) is 17.0 Å². The normalized spacial score (nSPS) is 10.5. The SMILES string of the molecule is COc1ccc(NC(=S)/C=C/c2cccs2)cc1. The summed E-state index contributed by atoms with van der Waals surface area (Å²) in [5, 5.41) is 5.19. The van der Waals surface area contributed by atoms with Gasteiger partial charge in [-0.2, -0.15) is 0 Å². The lowest BCUT2D eigenvalue weighted by molar-refractivity contribution is 0.415. The van der Waals surface area contributed by atoms with Crippen molar-refractivity contribution in [2.75, 3.05) is 12.4 Å². The molecule has 2 nitrogen and oxygen atoms in total. The molecule has 0 unspecified atom stereocenters. The number of hydrogen-bond donors (Lipinski definition) is 1. The minimum absolute atomic E-state index is 0.688. The van der Waals surface area contributed by atoms with E-state index in [1.54, 1.807) is 18.4 Å². The van der Waals surface area contributed by atoms with Crippen molar-refractivity contribution in [1.82, 2.24) is 0 Å². The first-order valence-corrected chi connectivity index (χ1v) is 6.73. The van der Waals surface area contributed by atoms with Crippen molar-refractivity contribution in [2.45, 2.75) is 0 Å². The average molecular weight is 275 g/mol. The Morgan fingerprint density at radius 1 is 1.28 bits per heavy atom. The van der Waals surface area contributed by atoms with Gasteiger partial charge in [0.25, 0.3) is 0 Å². The summed E-state index contributed by atoms with van der Waals surface area (Å²) in [5.41, 5.74) is 0.955. The summed E-state index contributed by atoms with van der Waals surface area (Å²) in [6.07, 6.45) is 3.90. The molecule has 0 spiro atoms. The van der Waals surface area contributed by atoms with Crippen LogP contribution >= 0.6 is 23.6 Å². The number of thiophene rings is 1. The van der Waals surface area contributed by atoms with Crippen molar-refractivity contribution in [3.63, 3.8) is 0 Å². The molecule has 0 aliphatic heterocycles. The van der Waals surface area contributed by atoms with E-state index in [9.17, 15) is 0 Å². The summed E-state index contributed by atoms with van der Waals surface area (Å²) in [4.78, 5) is 1.88. The van der Waals surface area contributed by atoms with Crippen LogP contribution in [0.15, 0.2) is 47.9 Å². The van der Waals surface area contributed by atoms with Crippen LogP contribution in [0.5, 0.6) is 5.75 Å². The number of thiocarbonyl (C=S) groups is 1. The predicted octanol–water partition coefficient (Wildman–Crippen LogP) is 4.21. The third kappa shape index (κ3) is 3.68. The van der Waals surface area contributed by atoms with Crippen LogP contribution in [-0.2, 0) is 0 Å². The molecular weight excluding hydrogens is 262 g/mol. The number of nitrogens with one attached hydrogen (secondary N) is 1. The maximum Gasteiger partial charge on any atom is 0.119 e. The van der Waals surface area contributed by atoms with Crippen molar-refractivity contribution >= 4 is 40.3 Å². The molecule has 0 fully saturated rings. The molecule has 1 aromatic heterocycles. The Kier molecular flexibility index (Phi) is 4.50. The van der Waals surface area contributed by atoms with Gasteiger partial charge in [-0.25, -0.2) is 0 Å². The van der Waals surface area contributed by atoms with Crippen molar-refractivity contribution in [3.05, 3.63) is 52.7 Å². The Morgan fingerprint density at radius 2 is 2.06 bits per heavy atom. The Balaban J connectivity index is 1.94. The fourth-order valence-corrected chi connectivity index (χ4v) is 2.21. The number of benzene rings is 1. The van der Waals surface area contributed by atoms with Crippen molar-refractivity contribution in [1.29, 1.82) is 0 Å². The Morgan fingerprint density at radius 3 is 2.67 bits per heavy atom. The smallest absolute Gasteiger partial charge is 0.119 e. The Hall–Kier alpha value is -1.65. The van der Waals surface area contributed by atoms with E-state index in [0.717, 1.165) is 11.4 Å². The number of anilines is 1. The van der Waals surface area contributed by atoms with Gasteiger partial charge in [-0.15, -0.1) is 11.3 Å². The Labute approximate surface area is 116 Å². The topological polar surface area (TPSA) is 21.3 Å². The quantitative estimate of drug-likeness (QED) is 0.667. The highest BCUT2D eigenvalue weighted by molar-refractivity contribution is 7.81.